The summed E-state index contributed by atoms with van der Waals surface area (Å²) in [5.41, 5.74) is 1.75. The van der Waals surface area contributed by atoms with E-state index in [1.165, 1.54) is 6.42 Å². The van der Waals surface area contributed by atoms with E-state index in [2.05, 4.69) is 18.8 Å². The molecular weight excluding hydrogens is 250 g/mol. The molecule has 2 unspecified atom stereocenters. The SMILES string of the molecule is CC1CCCC(C)N1C(=O)Cc1cn2ccccc2n1. The molecule has 106 valence electrons. The molecule has 3 rings (SSSR count). The van der Waals surface area contributed by atoms with Gasteiger partial charge < -0.3 is 9.30 Å². The van der Waals surface area contributed by atoms with Gasteiger partial charge in [0.15, 0.2) is 0 Å². The van der Waals surface area contributed by atoms with E-state index in [1.807, 2.05) is 39.9 Å². The lowest BCUT2D eigenvalue weighted by atomic mass is 9.97. The number of carbonyl (C=O) groups is 1. The monoisotopic (exact) mass is 271 g/mol. The quantitative estimate of drug-likeness (QED) is 0.842. The topological polar surface area (TPSA) is 37.6 Å². The maximum atomic E-state index is 12.5. The lowest BCUT2D eigenvalue weighted by molar-refractivity contribution is -0.136. The molecule has 0 aromatic carbocycles. The first-order valence-electron chi connectivity index (χ1n) is 7.39. The van der Waals surface area contributed by atoms with Crippen molar-refractivity contribution < 1.29 is 4.79 Å². The number of carbonyl (C=O) groups excluding carboxylic acids is 1. The average Bonchev–Trinajstić information content (AvgIpc) is 2.80. The maximum Gasteiger partial charge on any atom is 0.229 e. The zero-order valence-electron chi connectivity index (χ0n) is 12.1. The largest absolute Gasteiger partial charge is 0.337 e. The first-order valence-corrected chi connectivity index (χ1v) is 7.39. The Morgan fingerprint density at radius 3 is 2.75 bits per heavy atom. The zero-order valence-corrected chi connectivity index (χ0v) is 12.1. The van der Waals surface area contributed by atoms with Gasteiger partial charge in [0.1, 0.15) is 5.65 Å². The average molecular weight is 271 g/mol. The predicted molar refractivity (Wildman–Crippen MR) is 78.5 cm³/mol. The number of aromatic nitrogens is 2. The highest BCUT2D eigenvalue weighted by Gasteiger charge is 2.29. The van der Waals surface area contributed by atoms with E-state index in [-0.39, 0.29) is 5.91 Å². The molecule has 3 heterocycles. The Hall–Kier alpha value is -1.84. The summed E-state index contributed by atoms with van der Waals surface area (Å²) in [6.45, 7) is 4.30. The van der Waals surface area contributed by atoms with Crippen LogP contribution < -0.4 is 0 Å². The summed E-state index contributed by atoms with van der Waals surface area (Å²) in [4.78, 5) is 19.1. The minimum absolute atomic E-state index is 0.202. The second-order valence-electron chi connectivity index (χ2n) is 5.81. The Labute approximate surface area is 119 Å². The first-order chi connectivity index (χ1) is 9.65. The van der Waals surface area contributed by atoms with Crippen LogP contribution in [0.5, 0.6) is 0 Å². The molecule has 1 amide bonds. The van der Waals surface area contributed by atoms with Gasteiger partial charge in [-0.05, 0) is 45.2 Å². The molecule has 0 spiro atoms. The summed E-state index contributed by atoms with van der Waals surface area (Å²) >= 11 is 0. The van der Waals surface area contributed by atoms with Gasteiger partial charge >= 0.3 is 0 Å². The van der Waals surface area contributed by atoms with Crippen LogP contribution in [-0.4, -0.2) is 32.3 Å². The summed E-state index contributed by atoms with van der Waals surface area (Å²) < 4.78 is 1.96. The highest BCUT2D eigenvalue weighted by atomic mass is 16.2. The van der Waals surface area contributed by atoms with Gasteiger partial charge in [-0.25, -0.2) is 4.98 Å². The fourth-order valence-corrected chi connectivity index (χ4v) is 3.23. The van der Waals surface area contributed by atoms with E-state index in [4.69, 9.17) is 0 Å². The van der Waals surface area contributed by atoms with Crippen molar-refractivity contribution in [1.29, 1.82) is 0 Å². The third kappa shape index (κ3) is 2.42. The summed E-state index contributed by atoms with van der Waals surface area (Å²) in [6.07, 6.45) is 7.76. The fraction of sp³-hybridized carbons (Fsp3) is 0.500. The maximum absolute atomic E-state index is 12.5. The van der Waals surface area contributed by atoms with Crippen molar-refractivity contribution in [1.82, 2.24) is 14.3 Å². The number of pyridine rings is 1. The molecule has 0 aliphatic carbocycles. The van der Waals surface area contributed by atoms with Gasteiger partial charge in [0.2, 0.25) is 5.91 Å². The lowest BCUT2D eigenvalue weighted by Gasteiger charge is -2.39. The summed E-state index contributed by atoms with van der Waals surface area (Å²) in [7, 11) is 0. The molecule has 4 heteroatoms. The minimum Gasteiger partial charge on any atom is -0.337 e. The van der Waals surface area contributed by atoms with Crippen LogP contribution in [0.25, 0.3) is 5.65 Å². The van der Waals surface area contributed by atoms with Crippen LogP contribution in [0.1, 0.15) is 38.8 Å². The molecule has 1 aliphatic heterocycles. The standard InChI is InChI=1S/C16H21N3O/c1-12-6-5-7-13(2)19(12)16(20)10-14-11-18-9-4-3-8-15(18)17-14/h3-4,8-9,11-13H,5-7,10H2,1-2H3. The normalized spacial score (nSPS) is 23.2. The second kappa shape index (κ2) is 5.27. The van der Waals surface area contributed by atoms with Crippen LogP contribution in [0.4, 0.5) is 0 Å². The minimum atomic E-state index is 0.202. The number of rotatable bonds is 2. The Balaban J connectivity index is 1.77. The molecule has 2 aromatic rings. The molecular formula is C16H21N3O. The number of nitrogens with zero attached hydrogens (tertiary/aromatic N) is 3. The molecule has 2 atom stereocenters. The number of fused-ring (bicyclic) bond motifs is 1. The molecule has 20 heavy (non-hydrogen) atoms. The molecule has 1 fully saturated rings. The number of likely N-dealkylation sites (tertiary alicyclic amines) is 1. The van der Waals surface area contributed by atoms with E-state index in [0.717, 1.165) is 24.2 Å². The number of hydrogen-bond donors (Lipinski definition) is 0. The zero-order chi connectivity index (χ0) is 14.1. The molecule has 4 nitrogen and oxygen atoms in total. The van der Waals surface area contributed by atoms with Crippen LogP contribution in [0.15, 0.2) is 30.6 Å². The number of hydrogen-bond acceptors (Lipinski definition) is 2. The fourth-order valence-electron chi connectivity index (χ4n) is 3.23. The van der Waals surface area contributed by atoms with Crippen molar-refractivity contribution in [2.24, 2.45) is 0 Å². The van der Waals surface area contributed by atoms with Crippen molar-refractivity contribution >= 4 is 11.6 Å². The Bertz CT molecular complexity index is 576. The third-order valence-electron chi connectivity index (χ3n) is 4.23. The van der Waals surface area contributed by atoms with Gasteiger partial charge in [0.25, 0.3) is 0 Å². The molecule has 0 bridgehead atoms. The molecule has 0 saturated carbocycles. The third-order valence-corrected chi connectivity index (χ3v) is 4.23. The van der Waals surface area contributed by atoms with Crippen molar-refractivity contribution in [2.45, 2.75) is 51.6 Å². The van der Waals surface area contributed by atoms with E-state index in [9.17, 15) is 4.79 Å². The summed E-state index contributed by atoms with van der Waals surface area (Å²) in [6, 6.07) is 6.59. The van der Waals surface area contributed by atoms with Gasteiger partial charge in [-0.3, -0.25) is 4.79 Å². The van der Waals surface area contributed by atoms with Crippen molar-refractivity contribution in [2.75, 3.05) is 0 Å². The number of piperidine rings is 1. The molecule has 0 N–H and O–H groups in total. The highest BCUT2D eigenvalue weighted by Crippen LogP contribution is 2.23. The summed E-state index contributed by atoms with van der Waals surface area (Å²) in [5, 5.41) is 0. The van der Waals surface area contributed by atoms with E-state index < -0.39 is 0 Å². The second-order valence-corrected chi connectivity index (χ2v) is 5.81. The number of amides is 1. The smallest absolute Gasteiger partial charge is 0.229 e. The van der Waals surface area contributed by atoms with Crippen LogP contribution in [-0.2, 0) is 11.2 Å². The van der Waals surface area contributed by atoms with Crippen molar-refractivity contribution in [3.8, 4) is 0 Å². The van der Waals surface area contributed by atoms with Gasteiger partial charge in [-0.2, -0.15) is 0 Å². The van der Waals surface area contributed by atoms with Crippen LogP contribution in [0.3, 0.4) is 0 Å². The van der Waals surface area contributed by atoms with Gasteiger partial charge in [0.05, 0.1) is 12.1 Å². The van der Waals surface area contributed by atoms with Crippen LogP contribution in [0.2, 0.25) is 0 Å². The Kier molecular flexibility index (Phi) is 3.47. The lowest BCUT2D eigenvalue weighted by Crippen LogP contribution is -2.48. The van der Waals surface area contributed by atoms with E-state index in [0.29, 0.717) is 18.5 Å². The van der Waals surface area contributed by atoms with Crippen molar-refractivity contribution in [3.63, 3.8) is 0 Å². The number of imidazole rings is 1. The van der Waals surface area contributed by atoms with Crippen molar-refractivity contribution in [3.05, 3.63) is 36.3 Å². The summed E-state index contributed by atoms with van der Waals surface area (Å²) in [5.74, 6) is 0.202. The highest BCUT2D eigenvalue weighted by molar-refractivity contribution is 5.79. The Morgan fingerprint density at radius 2 is 2.05 bits per heavy atom. The van der Waals surface area contributed by atoms with Crippen LogP contribution >= 0.6 is 0 Å². The van der Waals surface area contributed by atoms with Gasteiger partial charge in [-0.1, -0.05) is 6.07 Å². The van der Waals surface area contributed by atoms with Gasteiger partial charge in [0, 0.05) is 24.5 Å². The first kappa shape index (κ1) is 13.2. The van der Waals surface area contributed by atoms with E-state index in [1.54, 1.807) is 0 Å². The van der Waals surface area contributed by atoms with Gasteiger partial charge in [-0.15, -0.1) is 0 Å². The Morgan fingerprint density at radius 1 is 1.30 bits per heavy atom. The van der Waals surface area contributed by atoms with E-state index >= 15 is 0 Å². The van der Waals surface area contributed by atoms with Crippen LogP contribution in [0, 0.1) is 0 Å². The molecule has 1 aliphatic rings. The molecule has 1 saturated heterocycles. The molecule has 2 aromatic heterocycles. The molecule has 0 radical (unpaired) electrons. The predicted octanol–water partition coefficient (Wildman–Crippen LogP) is 2.67.